The third kappa shape index (κ3) is 2.03. The van der Waals surface area contributed by atoms with Gasteiger partial charge in [0.25, 0.3) is 0 Å². The van der Waals surface area contributed by atoms with Crippen molar-refractivity contribution in [1.29, 1.82) is 0 Å². The van der Waals surface area contributed by atoms with Crippen LogP contribution in [-0.2, 0) is 0 Å². The Balaban J connectivity index is 2.16. The highest BCUT2D eigenvalue weighted by Crippen LogP contribution is 2.34. The van der Waals surface area contributed by atoms with Crippen LogP contribution in [0.3, 0.4) is 0 Å². The van der Waals surface area contributed by atoms with Gasteiger partial charge < -0.3 is 9.64 Å². The molecule has 0 aliphatic carbocycles. The SMILES string of the molecule is C=CCC1=c2c(ccc3c2=CC(C)=C(C)N3C)-c2ccccc2O1. The van der Waals surface area contributed by atoms with Gasteiger partial charge in [0.05, 0.1) is 0 Å². The lowest BCUT2D eigenvalue weighted by Crippen LogP contribution is -2.39. The quantitative estimate of drug-likeness (QED) is 0.778. The maximum atomic E-state index is 6.25. The fraction of sp³-hybridized carbons (Fsp3) is 0.182. The minimum atomic E-state index is 0.719. The van der Waals surface area contributed by atoms with E-state index in [0.29, 0.717) is 0 Å². The van der Waals surface area contributed by atoms with Crippen LogP contribution in [0.2, 0.25) is 0 Å². The molecule has 0 spiro atoms. The van der Waals surface area contributed by atoms with E-state index >= 15 is 0 Å². The fourth-order valence-electron chi connectivity index (χ4n) is 3.57. The number of fused-ring (bicyclic) bond motifs is 5. The predicted octanol–water partition coefficient (Wildman–Crippen LogP) is 3.95. The number of allylic oxidation sites excluding steroid dienone is 2. The van der Waals surface area contributed by atoms with Crippen LogP contribution < -0.4 is 20.1 Å². The summed E-state index contributed by atoms with van der Waals surface area (Å²) in [5.74, 6) is 1.90. The van der Waals surface area contributed by atoms with E-state index in [1.54, 1.807) is 0 Å². The third-order valence-electron chi connectivity index (χ3n) is 5.04. The Morgan fingerprint density at radius 3 is 2.67 bits per heavy atom. The second-order valence-electron chi connectivity index (χ2n) is 6.41. The molecule has 2 heterocycles. The first-order valence-electron chi connectivity index (χ1n) is 8.29. The maximum Gasteiger partial charge on any atom is 0.134 e. The topological polar surface area (TPSA) is 12.5 Å². The lowest BCUT2D eigenvalue weighted by Gasteiger charge is -2.28. The molecule has 0 atom stereocenters. The van der Waals surface area contributed by atoms with Crippen LogP contribution in [0.25, 0.3) is 23.0 Å². The summed E-state index contributed by atoms with van der Waals surface area (Å²) >= 11 is 0. The molecular formula is C22H21NO. The molecule has 2 aliphatic rings. The Morgan fingerprint density at radius 2 is 1.88 bits per heavy atom. The average Bonchev–Trinajstić information content (AvgIpc) is 2.59. The summed E-state index contributed by atoms with van der Waals surface area (Å²) in [5, 5.41) is 2.44. The molecule has 4 rings (SSSR count). The second kappa shape index (κ2) is 5.41. The van der Waals surface area contributed by atoms with E-state index in [-0.39, 0.29) is 0 Å². The van der Waals surface area contributed by atoms with Crippen molar-refractivity contribution in [2.45, 2.75) is 20.3 Å². The summed E-state index contributed by atoms with van der Waals surface area (Å²) in [6.07, 6.45) is 4.91. The van der Waals surface area contributed by atoms with Crippen molar-refractivity contribution in [3.8, 4) is 16.9 Å². The zero-order valence-corrected chi connectivity index (χ0v) is 14.4. The van der Waals surface area contributed by atoms with Crippen molar-refractivity contribution in [2.75, 3.05) is 11.9 Å². The van der Waals surface area contributed by atoms with Gasteiger partial charge >= 0.3 is 0 Å². The van der Waals surface area contributed by atoms with Gasteiger partial charge in [-0.1, -0.05) is 30.3 Å². The van der Waals surface area contributed by atoms with E-state index in [1.165, 1.54) is 33.0 Å². The largest absolute Gasteiger partial charge is 0.460 e. The van der Waals surface area contributed by atoms with E-state index in [2.05, 4.69) is 62.7 Å². The van der Waals surface area contributed by atoms with Crippen LogP contribution in [0.4, 0.5) is 5.69 Å². The van der Waals surface area contributed by atoms with Gasteiger partial charge in [0.1, 0.15) is 11.5 Å². The first kappa shape index (κ1) is 14.8. The molecule has 0 bridgehead atoms. The van der Waals surface area contributed by atoms with Gasteiger partial charge in [-0.05, 0) is 43.2 Å². The number of rotatable bonds is 2. The maximum absolute atomic E-state index is 6.25. The highest BCUT2D eigenvalue weighted by Gasteiger charge is 2.21. The Bertz CT molecular complexity index is 1010. The van der Waals surface area contributed by atoms with Crippen LogP contribution in [-0.4, -0.2) is 7.05 Å². The first-order chi connectivity index (χ1) is 11.6. The molecule has 0 amide bonds. The zero-order chi connectivity index (χ0) is 16.8. The van der Waals surface area contributed by atoms with Crippen LogP contribution in [0.5, 0.6) is 5.75 Å². The third-order valence-corrected chi connectivity index (χ3v) is 5.04. The summed E-state index contributed by atoms with van der Waals surface area (Å²) in [4.78, 5) is 2.26. The normalized spacial score (nSPS) is 15.1. The molecule has 0 fully saturated rings. The Labute approximate surface area is 142 Å². The van der Waals surface area contributed by atoms with Crippen molar-refractivity contribution in [3.05, 3.63) is 70.8 Å². The van der Waals surface area contributed by atoms with Crippen molar-refractivity contribution < 1.29 is 4.74 Å². The Kier molecular flexibility index (Phi) is 3.34. The van der Waals surface area contributed by atoms with Crippen LogP contribution >= 0.6 is 0 Å². The van der Waals surface area contributed by atoms with Gasteiger partial charge in [0, 0.05) is 40.9 Å². The Hall–Kier alpha value is -2.74. The number of hydrogen-bond acceptors (Lipinski definition) is 2. The number of para-hydroxylation sites is 1. The minimum Gasteiger partial charge on any atom is -0.460 e. The van der Waals surface area contributed by atoms with Crippen molar-refractivity contribution >= 4 is 17.5 Å². The molecule has 24 heavy (non-hydrogen) atoms. The highest BCUT2D eigenvalue weighted by atomic mass is 16.5. The summed E-state index contributed by atoms with van der Waals surface area (Å²) in [6, 6.07) is 12.7. The number of anilines is 1. The first-order valence-corrected chi connectivity index (χ1v) is 8.29. The standard InChI is InChI=1S/C22H21NO/c1-5-8-21-22-17(16-9-6-7-10-20(16)24-21)11-12-19-18(22)13-14(2)15(3)23(19)4/h5-7,9-13H,1,8H2,2-4H3. The van der Waals surface area contributed by atoms with Gasteiger partial charge in [-0.3, -0.25) is 0 Å². The molecule has 2 aromatic rings. The van der Waals surface area contributed by atoms with Crippen LogP contribution in [0.1, 0.15) is 20.3 Å². The lowest BCUT2D eigenvalue weighted by molar-refractivity contribution is 0.492. The smallest absolute Gasteiger partial charge is 0.134 e. The second-order valence-corrected chi connectivity index (χ2v) is 6.41. The average molecular weight is 315 g/mol. The molecule has 0 saturated carbocycles. The van der Waals surface area contributed by atoms with Crippen LogP contribution in [0.15, 0.2) is 60.3 Å². The molecule has 0 unspecified atom stereocenters. The molecule has 0 N–H and O–H groups in total. The fourth-order valence-corrected chi connectivity index (χ4v) is 3.57. The summed E-state index contributed by atoms with van der Waals surface area (Å²) in [5.41, 5.74) is 6.19. The minimum absolute atomic E-state index is 0.719. The van der Waals surface area contributed by atoms with Gasteiger partial charge in [-0.2, -0.15) is 0 Å². The molecule has 0 saturated heterocycles. The van der Waals surface area contributed by atoms with Crippen molar-refractivity contribution in [3.63, 3.8) is 0 Å². The van der Waals surface area contributed by atoms with E-state index in [4.69, 9.17) is 4.74 Å². The summed E-state index contributed by atoms with van der Waals surface area (Å²) in [6.45, 7) is 8.23. The van der Waals surface area contributed by atoms with E-state index in [0.717, 1.165) is 23.5 Å². The van der Waals surface area contributed by atoms with Gasteiger partial charge in [-0.25, -0.2) is 0 Å². The van der Waals surface area contributed by atoms with E-state index in [1.807, 2.05) is 18.2 Å². The zero-order valence-electron chi connectivity index (χ0n) is 14.4. The molecule has 120 valence electrons. The van der Waals surface area contributed by atoms with E-state index < -0.39 is 0 Å². The monoisotopic (exact) mass is 315 g/mol. The Morgan fingerprint density at radius 1 is 1.08 bits per heavy atom. The lowest BCUT2D eigenvalue weighted by atomic mass is 9.94. The molecule has 2 nitrogen and oxygen atoms in total. The number of benzene rings is 2. The van der Waals surface area contributed by atoms with Gasteiger partial charge in [-0.15, -0.1) is 6.58 Å². The highest BCUT2D eigenvalue weighted by molar-refractivity contribution is 5.81. The molecule has 2 aliphatic heterocycles. The van der Waals surface area contributed by atoms with Crippen molar-refractivity contribution in [2.24, 2.45) is 0 Å². The number of hydrogen-bond donors (Lipinski definition) is 0. The molecular weight excluding hydrogens is 294 g/mol. The number of ether oxygens (including phenoxy) is 1. The van der Waals surface area contributed by atoms with Gasteiger partial charge in [0.2, 0.25) is 0 Å². The van der Waals surface area contributed by atoms with Crippen LogP contribution in [0, 0.1) is 0 Å². The summed E-state index contributed by atoms with van der Waals surface area (Å²) in [7, 11) is 2.13. The van der Waals surface area contributed by atoms with E-state index in [9.17, 15) is 0 Å². The predicted molar refractivity (Wildman–Crippen MR) is 101 cm³/mol. The molecule has 2 aromatic carbocycles. The molecule has 0 aromatic heterocycles. The van der Waals surface area contributed by atoms with Gasteiger partial charge in [0.15, 0.2) is 0 Å². The molecule has 2 heteroatoms. The number of nitrogens with zero attached hydrogens (tertiary/aromatic N) is 1. The molecule has 0 radical (unpaired) electrons. The summed E-state index contributed by atoms with van der Waals surface area (Å²) < 4.78 is 6.25. The van der Waals surface area contributed by atoms with Crippen molar-refractivity contribution in [1.82, 2.24) is 0 Å².